The van der Waals surface area contributed by atoms with Gasteiger partial charge in [0.25, 0.3) is 0 Å². The Bertz CT molecular complexity index is 1760. The summed E-state index contributed by atoms with van der Waals surface area (Å²) in [5.74, 6) is -3.73. The first-order chi connectivity index (χ1) is 31.0. The average molecular weight is 909 g/mol. The second-order valence-corrected chi connectivity index (χ2v) is 19.5. The molecular weight excluding hydrogens is 829 g/mol. The molecule has 65 heavy (non-hydrogen) atoms. The number of carboxylic acids is 1. The highest BCUT2D eigenvalue weighted by Crippen LogP contribution is 2.43. The summed E-state index contributed by atoms with van der Waals surface area (Å²) in [6, 6.07) is 6.80. The molecule has 4 amide bonds. The van der Waals surface area contributed by atoms with E-state index in [2.05, 4.69) is 5.32 Å². The summed E-state index contributed by atoms with van der Waals surface area (Å²) in [6.07, 6.45) is 7.93. The van der Waals surface area contributed by atoms with Gasteiger partial charge < -0.3 is 34.6 Å². The Balaban J connectivity index is 1.43. The largest absolute Gasteiger partial charge is 0.481 e. The third kappa shape index (κ3) is 13.9. The Kier molecular flexibility index (Phi) is 21.1. The lowest BCUT2D eigenvalue weighted by molar-refractivity contribution is -0.149. The number of aliphatic carboxylic acids is 1. The Morgan fingerprint density at radius 3 is 2.14 bits per heavy atom. The number of carbonyl (C=O) groups excluding carboxylic acids is 6. The maximum absolute atomic E-state index is 14.6. The number of likely N-dealkylation sites (tertiary alicyclic amines) is 2. The fraction of sp³-hybridized carbons (Fsp3) is 0.745. The Morgan fingerprint density at radius 2 is 1.54 bits per heavy atom. The van der Waals surface area contributed by atoms with E-state index in [1.54, 1.807) is 28.7 Å². The Morgan fingerprint density at radius 1 is 0.862 bits per heavy atom. The van der Waals surface area contributed by atoms with Gasteiger partial charge in [-0.2, -0.15) is 0 Å². The number of rotatable bonds is 28. The molecule has 2 saturated heterocycles. The van der Waals surface area contributed by atoms with E-state index in [1.807, 2.05) is 65.0 Å². The molecule has 14 nitrogen and oxygen atoms in total. The van der Waals surface area contributed by atoms with E-state index in [0.717, 1.165) is 44.1 Å². The van der Waals surface area contributed by atoms with Crippen LogP contribution in [-0.2, 0) is 49.5 Å². The summed E-state index contributed by atoms with van der Waals surface area (Å²) in [6.45, 7) is 11.9. The van der Waals surface area contributed by atoms with Crippen molar-refractivity contribution in [1.82, 2.24) is 20.0 Å². The van der Waals surface area contributed by atoms with Gasteiger partial charge in [-0.25, -0.2) is 0 Å². The molecule has 1 aromatic rings. The van der Waals surface area contributed by atoms with Crippen molar-refractivity contribution in [3.63, 3.8) is 0 Å². The fourth-order valence-corrected chi connectivity index (χ4v) is 10.8. The zero-order valence-corrected chi connectivity index (χ0v) is 40.8. The van der Waals surface area contributed by atoms with Crippen LogP contribution >= 0.6 is 0 Å². The molecule has 1 saturated carbocycles. The van der Waals surface area contributed by atoms with Crippen LogP contribution in [0.3, 0.4) is 0 Å². The van der Waals surface area contributed by atoms with Gasteiger partial charge in [0, 0.05) is 65.5 Å². The van der Waals surface area contributed by atoms with E-state index in [9.17, 15) is 38.7 Å². The minimum atomic E-state index is -1.04. The van der Waals surface area contributed by atoms with E-state index >= 15 is 0 Å². The first-order valence-electron chi connectivity index (χ1n) is 24.5. The van der Waals surface area contributed by atoms with Crippen LogP contribution in [0.4, 0.5) is 0 Å². The van der Waals surface area contributed by atoms with Crippen molar-refractivity contribution in [1.29, 1.82) is 0 Å². The number of fused-ring (bicyclic) bond motifs is 2. The molecular formula is C51H80N4O10. The number of benzene rings is 1. The van der Waals surface area contributed by atoms with Crippen molar-refractivity contribution in [2.45, 2.75) is 187 Å². The van der Waals surface area contributed by atoms with Crippen LogP contribution < -0.4 is 5.32 Å². The Labute approximate surface area is 388 Å². The number of nitrogens with zero attached hydrogens (tertiary/aromatic N) is 3. The smallest absolute Gasteiger partial charge is 0.307 e. The number of carbonyl (C=O) groups is 7. The fourth-order valence-electron chi connectivity index (χ4n) is 10.8. The van der Waals surface area contributed by atoms with Crippen LogP contribution in [0.1, 0.15) is 143 Å². The zero-order valence-electron chi connectivity index (χ0n) is 40.8. The standard InChI is InChI=1S/C51H80N4O10/c1-10-33(5)46(42(64-8)31-44(59)54-27-19-23-40(54)48(65-9)34(6)41(57)30-37(51(62)63)28-35-20-15-14-16-21-35)53(7)50(61)45(32(3)4)52-49(60)47-36-25-26-38(29-36)55(47)43(58)24-18-13-12-17-22-39(56)11-2/h14-16,20-21,32-34,36-38,40,42,45-48H,10-13,17-19,22-31H2,1-9H3,(H,52,60)(H,62,63)/t33-,34-,36-,37+,38-,40-,42+,45-,46-,47-,48+/m0/s1. The van der Waals surface area contributed by atoms with Gasteiger partial charge in [0.1, 0.15) is 23.7 Å². The zero-order chi connectivity index (χ0) is 48.0. The van der Waals surface area contributed by atoms with E-state index in [4.69, 9.17) is 9.47 Å². The van der Waals surface area contributed by atoms with E-state index < -0.39 is 54.2 Å². The highest BCUT2D eigenvalue weighted by molar-refractivity contribution is 5.93. The molecule has 2 N–H and O–H groups in total. The molecule has 0 unspecified atom stereocenters. The van der Waals surface area contributed by atoms with Crippen LogP contribution in [0.2, 0.25) is 0 Å². The molecule has 1 aromatic carbocycles. The van der Waals surface area contributed by atoms with Crippen molar-refractivity contribution < 1.29 is 48.1 Å². The van der Waals surface area contributed by atoms with Crippen LogP contribution in [0.25, 0.3) is 0 Å². The number of methoxy groups -OCH3 is 2. The third-order valence-corrected chi connectivity index (χ3v) is 14.8. The molecule has 14 heteroatoms. The first kappa shape index (κ1) is 53.4. The van der Waals surface area contributed by atoms with Crippen molar-refractivity contribution in [3.05, 3.63) is 35.9 Å². The Hall–Kier alpha value is -4.17. The van der Waals surface area contributed by atoms with Crippen LogP contribution in [0.5, 0.6) is 0 Å². The summed E-state index contributed by atoms with van der Waals surface area (Å²) >= 11 is 0. The van der Waals surface area contributed by atoms with Crippen molar-refractivity contribution in [2.24, 2.45) is 29.6 Å². The molecule has 1 aliphatic carbocycles. The lowest BCUT2D eigenvalue weighted by Gasteiger charge is -2.41. The number of piperidine rings is 1. The van der Waals surface area contributed by atoms with E-state index in [-0.39, 0.29) is 78.3 Å². The van der Waals surface area contributed by atoms with Gasteiger partial charge in [-0.1, -0.05) is 91.1 Å². The second kappa shape index (κ2) is 25.7. The maximum Gasteiger partial charge on any atom is 0.307 e. The van der Waals surface area contributed by atoms with Crippen molar-refractivity contribution in [2.75, 3.05) is 27.8 Å². The number of ketones is 2. The monoisotopic (exact) mass is 909 g/mol. The number of carboxylic acid groups (broad SMARTS) is 1. The van der Waals surface area contributed by atoms with E-state index in [0.29, 0.717) is 51.5 Å². The number of likely N-dealkylation sites (N-methyl/N-ethyl adjacent to an activating group) is 1. The molecule has 2 heterocycles. The van der Waals surface area contributed by atoms with Gasteiger partial charge in [0.15, 0.2) is 0 Å². The van der Waals surface area contributed by atoms with Gasteiger partial charge >= 0.3 is 5.97 Å². The number of hydrogen-bond acceptors (Lipinski definition) is 9. The number of nitrogens with one attached hydrogen (secondary N) is 1. The topological polar surface area (TPSA) is 180 Å². The summed E-state index contributed by atoms with van der Waals surface area (Å²) in [4.78, 5) is 99.7. The predicted octanol–water partition coefficient (Wildman–Crippen LogP) is 6.65. The van der Waals surface area contributed by atoms with Crippen molar-refractivity contribution in [3.8, 4) is 0 Å². The first-order valence-corrected chi connectivity index (χ1v) is 24.5. The molecule has 3 fully saturated rings. The summed E-state index contributed by atoms with van der Waals surface area (Å²) in [7, 11) is 4.76. The predicted molar refractivity (Wildman–Crippen MR) is 249 cm³/mol. The average Bonchev–Trinajstić information content (AvgIpc) is 4.06. The minimum Gasteiger partial charge on any atom is -0.481 e. The third-order valence-electron chi connectivity index (χ3n) is 14.8. The molecule has 11 atom stereocenters. The lowest BCUT2D eigenvalue weighted by atomic mass is 9.85. The molecule has 0 spiro atoms. The summed E-state index contributed by atoms with van der Waals surface area (Å²) < 4.78 is 12.0. The van der Waals surface area contributed by atoms with Crippen LogP contribution in [0, 0.1) is 29.6 Å². The molecule has 0 radical (unpaired) electrons. The van der Waals surface area contributed by atoms with Gasteiger partial charge in [-0.15, -0.1) is 0 Å². The van der Waals surface area contributed by atoms with Gasteiger partial charge in [-0.05, 0) is 74.7 Å². The molecule has 2 bridgehead atoms. The molecule has 364 valence electrons. The van der Waals surface area contributed by atoms with Crippen LogP contribution in [-0.4, -0.2) is 131 Å². The molecule has 0 aromatic heterocycles. The van der Waals surface area contributed by atoms with Gasteiger partial charge in [-0.3, -0.25) is 33.6 Å². The molecule has 2 aliphatic heterocycles. The minimum absolute atomic E-state index is 0.0170. The van der Waals surface area contributed by atoms with Crippen molar-refractivity contribution >= 4 is 41.2 Å². The summed E-state index contributed by atoms with van der Waals surface area (Å²) in [5, 5.41) is 13.1. The number of amides is 4. The van der Waals surface area contributed by atoms with Gasteiger partial charge in [0.2, 0.25) is 23.6 Å². The van der Waals surface area contributed by atoms with E-state index in [1.165, 1.54) is 14.2 Å². The van der Waals surface area contributed by atoms with Gasteiger partial charge in [0.05, 0.1) is 36.6 Å². The number of ether oxygens (including phenoxy) is 2. The van der Waals surface area contributed by atoms with Crippen LogP contribution in [0.15, 0.2) is 30.3 Å². The summed E-state index contributed by atoms with van der Waals surface area (Å²) in [5.41, 5.74) is 0.837. The number of Topliss-reactive ketones (excluding diaryl/α,β-unsaturated/α-hetero) is 2. The quantitative estimate of drug-likeness (QED) is 0.0865. The molecule has 3 aliphatic rings. The lowest BCUT2D eigenvalue weighted by Crippen LogP contribution is -2.60. The number of unbranched alkanes of at least 4 members (excludes halogenated alkanes) is 3. The SMILES string of the molecule is CCC(=O)CCCCCCC(=O)N1[C@H]2CC[C@@H](C2)[C@H]1C(=O)N[C@H](C(=O)N(C)[C@@H]([C@@H](C)CC)[C@@H](CC(=O)N1CCC[C@H]1[C@H](OC)[C@@H](C)C(=O)C[C@@H](Cc1ccccc1)C(=O)O)OC)C(C)C. The number of hydrogen-bond donors (Lipinski definition) is 2. The second-order valence-electron chi connectivity index (χ2n) is 19.5. The normalized spacial score (nSPS) is 22.5. The maximum atomic E-state index is 14.6. The highest BCUT2D eigenvalue weighted by Gasteiger charge is 2.52. The highest BCUT2D eigenvalue weighted by atomic mass is 16.5. The molecule has 4 rings (SSSR count).